The predicted octanol–water partition coefficient (Wildman–Crippen LogP) is 5.44. The maximum Gasteiger partial charge on any atom is 0.0449 e. The van der Waals surface area contributed by atoms with Crippen molar-refractivity contribution in [3.8, 4) is 0 Å². The number of benzene rings is 1. The Labute approximate surface area is 115 Å². The molecule has 1 aliphatic carbocycles. The molecular weight excluding hydrogens is 307 g/mol. The second-order valence-corrected chi connectivity index (χ2v) is 6.34. The first-order chi connectivity index (χ1) is 7.65. The SMILES string of the molecule is ClCC1(Cc2ccc(Br)cc2Cl)CCCC1. The van der Waals surface area contributed by atoms with Crippen LogP contribution in [0, 0.1) is 5.41 Å². The average molecular weight is 322 g/mol. The van der Waals surface area contributed by atoms with Gasteiger partial charge in [0, 0.05) is 15.4 Å². The number of rotatable bonds is 3. The summed E-state index contributed by atoms with van der Waals surface area (Å²) in [5.41, 5.74) is 1.52. The summed E-state index contributed by atoms with van der Waals surface area (Å²) in [6.45, 7) is 0. The van der Waals surface area contributed by atoms with Crippen LogP contribution >= 0.6 is 39.1 Å². The molecule has 0 bridgehead atoms. The summed E-state index contributed by atoms with van der Waals surface area (Å²) in [4.78, 5) is 0. The van der Waals surface area contributed by atoms with Crippen LogP contribution in [-0.2, 0) is 6.42 Å². The molecule has 3 heteroatoms. The minimum Gasteiger partial charge on any atom is -0.126 e. The van der Waals surface area contributed by atoms with E-state index in [9.17, 15) is 0 Å². The summed E-state index contributed by atoms with van der Waals surface area (Å²) in [7, 11) is 0. The van der Waals surface area contributed by atoms with Crippen LogP contribution in [0.15, 0.2) is 22.7 Å². The van der Waals surface area contributed by atoms with Crippen molar-refractivity contribution in [3.63, 3.8) is 0 Å². The Balaban J connectivity index is 2.19. The zero-order valence-electron chi connectivity index (χ0n) is 9.11. The lowest BCUT2D eigenvalue weighted by molar-refractivity contribution is 0.341. The molecule has 1 fully saturated rings. The summed E-state index contributed by atoms with van der Waals surface area (Å²) < 4.78 is 1.03. The molecule has 0 heterocycles. The molecule has 16 heavy (non-hydrogen) atoms. The van der Waals surface area contributed by atoms with E-state index in [2.05, 4.69) is 28.1 Å². The molecule has 1 aliphatic rings. The van der Waals surface area contributed by atoms with Crippen LogP contribution in [0.4, 0.5) is 0 Å². The molecule has 0 amide bonds. The third-order valence-corrected chi connectivity index (χ3v) is 4.94. The first-order valence-corrected chi connectivity index (χ1v) is 7.36. The largest absolute Gasteiger partial charge is 0.126 e. The molecule has 0 unspecified atom stereocenters. The van der Waals surface area contributed by atoms with Gasteiger partial charge in [-0.2, -0.15) is 0 Å². The van der Waals surface area contributed by atoms with Crippen LogP contribution in [0.1, 0.15) is 31.2 Å². The van der Waals surface area contributed by atoms with E-state index in [0.717, 1.165) is 21.8 Å². The zero-order chi connectivity index (χ0) is 11.6. The summed E-state index contributed by atoms with van der Waals surface area (Å²) in [5, 5.41) is 0.853. The normalized spacial score (nSPS) is 18.9. The van der Waals surface area contributed by atoms with Gasteiger partial charge in [0.25, 0.3) is 0 Å². The van der Waals surface area contributed by atoms with Gasteiger partial charge in [-0.25, -0.2) is 0 Å². The van der Waals surface area contributed by atoms with Crippen LogP contribution in [0.3, 0.4) is 0 Å². The Kier molecular flexibility index (Phi) is 4.21. The van der Waals surface area contributed by atoms with Crippen molar-refractivity contribution >= 4 is 39.1 Å². The Morgan fingerprint density at radius 2 is 1.94 bits per heavy atom. The molecular formula is C13H15BrCl2. The van der Waals surface area contributed by atoms with Crippen molar-refractivity contribution < 1.29 is 0 Å². The van der Waals surface area contributed by atoms with E-state index in [0.29, 0.717) is 5.41 Å². The van der Waals surface area contributed by atoms with E-state index in [4.69, 9.17) is 23.2 Å². The van der Waals surface area contributed by atoms with Gasteiger partial charge in [-0.3, -0.25) is 0 Å². The van der Waals surface area contributed by atoms with Gasteiger partial charge in [-0.15, -0.1) is 11.6 Å². The Morgan fingerprint density at radius 3 is 2.50 bits per heavy atom. The van der Waals surface area contributed by atoms with Crippen molar-refractivity contribution in [2.45, 2.75) is 32.1 Å². The van der Waals surface area contributed by atoms with Crippen LogP contribution in [0.5, 0.6) is 0 Å². The molecule has 0 spiro atoms. The van der Waals surface area contributed by atoms with Crippen molar-refractivity contribution in [1.29, 1.82) is 0 Å². The molecule has 88 valence electrons. The molecule has 0 atom stereocenters. The fourth-order valence-corrected chi connectivity index (χ4v) is 3.65. The average Bonchev–Trinajstić information content (AvgIpc) is 2.72. The molecule has 0 aliphatic heterocycles. The van der Waals surface area contributed by atoms with E-state index in [-0.39, 0.29) is 0 Å². The third kappa shape index (κ3) is 2.75. The highest BCUT2D eigenvalue weighted by molar-refractivity contribution is 9.10. The summed E-state index contributed by atoms with van der Waals surface area (Å²) in [5.74, 6) is 0.749. The van der Waals surface area contributed by atoms with Gasteiger partial charge in [0.2, 0.25) is 0 Å². The molecule has 0 aromatic heterocycles. The van der Waals surface area contributed by atoms with Crippen molar-refractivity contribution in [2.24, 2.45) is 5.41 Å². The van der Waals surface area contributed by atoms with Crippen LogP contribution < -0.4 is 0 Å². The van der Waals surface area contributed by atoms with E-state index in [1.54, 1.807) is 0 Å². The lowest BCUT2D eigenvalue weighted by Gasteiger charge is -2.26. The molecule has 0 saturated heterocycles. The van der Waals surface area contributed by atoms with Gasteiger partial charge in [-0.1, -0.05) is 46.4 Å². The number of alkyl halides is 1. The summed E-state index contributed by atoms with van der Waals surface area (Å²) in [6.07, 6.45) is 6.11. The minimum atomic E-state index is 0.291. The van der Waals surface area contributed by atoms with Gasteiger partial charge in [0.1, 0.15) is 0 Å². The highest BCUT2D eigenvalue weighted by atomic mass is 79.9. The molecule has 1 aromatic rings. The van der Waals surface area contributed by atoms with E-state index < -0.39 is 0 Å². The van der Waals surface area contributed by atoms with Crippen molar-refractivity contribution in [1.82, 2.24) is 0 Å². The lowest BCUT2D eigenvalue weighted by Crippen LogP contribution is -2.21. The Hall–Kier alpha value is 0.280. The fourth-order valence-electron chi connectivity index (χ4n) is 2.55. The first-order valence-electron chi connectivity index (χ1n) is 5.65. The minimum absolute atomic E-state index is 0.291. The highest BCUT2D eigenvalue weighted by Crippen LogP contribution is 2.43. The van der Waals surface area contributed by atoms with E-state index in [1.165, 1.54) is 31.2 Å². The molecule has 0 radical (unpaired) electrons. The highest BCUT2D eigenvalue weighted by Gasteiger charge is 2.33. The molecule has 1 saturated carbocycles. The van der Waals surface area contributed by atoms with Crippen LogP contribution in [0.2, 0.25) is 5.02 Å². The number of hydrogen-bond acceptors (Lipinski definition) is 0. The Morgan fingerprint density at radius 1 is 1.25 bits per heavy atom. The maximum absolute atomic E-state index is 6.25. The number of halogens is 3. The Bertz CT molecular complexity index is 370. The maximum atomic E-state index is 6.25. The predicted molar refractivity (Wildman–Crippen MR) is 74.5 cm³/mol. The van der Waals surface area contributed by atoms with Crippen LogP contribution in [-0.4, -0.2) is 5.88 Å². The van der Waals surface area contributed by atoms with Gasteiger partial charge in [0.05, 0.1) is 0 Å². The quantitative estimate of drug-likeness (QED) is 0.650. The third-order valence-electron chi connectivity index (χ3n) is 3.53. The monoisotopic (exact) mass is 320 g/mol. The second-order valence-electron chi connectivity index (χ2n) is 4.75. The smallest absolute Gasteiger partial charge is 0.0449 e. The van der Waals surface area contributed by atoms with E-state index >= 15 is 0 Å². The first kappa shape index (κ1) is 12.7. The van der Waals surface area contributed by atoms with Gasteiger partial charge in [-0.05, 0) is 42.4 Å². The van der Waals surface area contributed by atoms with Crippen molar-refractivity contribution in [3.05, 3.63) is 33.3 Å². The molecule has 1 aromatic carbocycles. The summed E-state index contributed by atoms with van der Waals surface area (Å²) >= 11 is 15.8. The standard InChI is InChI=1S/C13H15BrCl2/c14-11-4-3-10(12(16)7-11)8-13(9-15)5-1-2-6-13/h3-4,7H,1-2,5-6,8-9H2. The van der Waals surface area contributed by atoms with Crippen LogP contribution in [0.25, 0.3) is 0 Å². The zero-order valence-corrected chi connectivity index (χ0v) is 12.2. The second kappa shape index (κ2) is 5.29. The molecule has 0 nitrogen and oxygen atoms in total. The lowest BCUT2D eigenvalue weighted by atomic mass is 9.82. The fraction of sp³-hybridized carbons (Fsp3) is 0.538. The van der Waals surface area contributed by atoms with Gasteiger partial charge in [0.15, 0.2) is 0 Å². The van der Waals surface area contributed by atoms with E-state index in [1.807, 2.05) is 6.07 Å². The van der Waals surface area contributed by atoms with Gasteiger partial charge >= 0.3 is 0 Å². The summed E-state index contributed by atoms with van der Waals surface area (Å²) in [6, 6.07) is 6.13. The van der Waals surface area contributed by atoms with Crippen molar-refractivity contribution in [2.75, 3.05) is 5.88 Å². The van der Waals surface area contributed by atoms with Gasteiger partial charge < -0.3 is 0 Å². The number of hydrogen-bond donors (Lipinski definition) is 0. The molecule has 0 N–H and O–H groups in total. The topological polar surface area (TPSA) is 0 Å². The molecule has 2 rings (SSSR count).